The summed E-state index contributed by atoms with van der Waals surface area (Å²) in [4.78, 5) is 31.6. The Labute approximate surface area is 180 Å². The van der Waals surface area contributed by atoms with Crippen molar-refractivity contribution in [2.75, 3.05) is 13.7 Å². The average molecular weight is 434 g/mol. The molecule has 154 valence electrons. The van der Waals surface area contributed by atoms with Gasteiger partial charge in [-0.1, -0.05) is 49.3 Å². The Morgan fingerprint density at radius 3 is 2.62 bits per heavy atom. The third kappa shape index (κ3) is 4.67. The van der Waals surface area contributed by atoms with Crippen LogP contribution in [-0.4, -0.2) is 35.6 Å². The number of nitrogens with zero attached hydrogens (tertiary/aromatic N) is 2. The summed E-state index contributed by atoms with van der Waals surface area (Å²) in [6.45, 7) is 6.51. The minimum absolute atomic E-state index is 0.0625. The number of hydrogen-bond donors (Lipinski definition) is 1. The van der Waals surface area contributed by atoms with Gasteiger partial charge in [-0.2, -0.15) is 0 Å². The lowest BCUT2D eigenvalue weighted by Gasteiger charge is -2.36. The monoisotopic (exact) mass is 433 g/mol. The quantitative estimate of drug-likeness (QED) is 0.679. The number of methoxy groups -OCH3 is 1. The summed E-state index contributed by atoms with van der Waals surface area (Å²) >= 11 is 7.51. The van der Waals surface area contributed by atoms with Crippen molar-refractivity contribution in [2.45, 2.75) is 33.2 Å². The van der Waals surface area contributed by atoms with Gasteiger partial charge in [0.25, 0.3) is 0 Å². The lowest BCUT2D eigenvalue weighted by Crippen LogP contribution is -2.38. The van der Waals surface area contributed by atoms with Crippen LogP contribution in [0.4, 0.5) is 0 Å². The number of ether oxygens (including phenoxy) is 1. The highest BCUT2D eigenvalue weighted by molar-refractivity contribution is 8.16. The number of nitrogens with one attached hydrogen (secondary N) is 1. The first-order valence-electron chi connectivity index (χ1n) is 9.36. The second-order valence-corrected chi connectivity index (χ2v) is 8.58. The van der Waals surface area contributed by atoms with E-state index in [-0.39, 0.29) is 12.3 Å². The fraction of sp³-hybridized carbons (Fsp3) is 0.381. The zero-order valence-electron chi connectivity index (χ0n) is 16.9. The molecule has 8 heteroatoms. The van der Waals surface area contributed by atoms with Crippen molar-refractivity contribution in [3.63, 3.8) is 0 Å². The number of amides is 1. The van der Waals surface area contributed by atoms with Crippen molar-refractivity contribution in [2.24, 2.45) is 10.9 Å². The Bertz CT molecular complexity index is 906. The number of rotatable bonds is 6. The lowest BCUT2D eigenvalue weighted by molar-refractivity contribution is -0.136. The molecular formula is C21H24ClN3O3S. The Morgan fingerprint density at radius 2 is 2.00 bits per heavy atom. The summed E-state index contributed by atoms with van der Waals surface area (Å²) < 4.78 is 5.04. The first-order chi connectivity index (χ1) is 13.8. The fourth-order valence-electron chi connectivity index (χ4n) is 3.25. The number of fused-ring (bicyclic) bond motifs is 1. The highest BCUT2D eigenvalue weighted by atomic mass is 35.5. The normalized spacial score (nSPS) is 18.4. The maximum absolute atomic E-state index is 12.6. The Hall–Kier alpha value is -2.25. The van der Waals surface area contributed by atoms with E-state index >= 15 is 0 Å². The zero-order chi connectivity index (χ0) is 21.1. The minimum atomic E-state index is -0.439. The van der Waals surface area contributed by atoms with Crippen molar-refractivity contribution in [3.05, 3.63) is 57.2 Å². The van der Waals surface area contributed by atoms with Gasteiger partial charge in [0.2, 0.25) is 5.91 Å². The summed E-state index contributed by atoms with van der Waals surface area (Å²) in [5, 5.41) is 6.21. The first-order valence-corrected chi connectivity index (χ1v) is 10.6. The topological polar surface area (TPSA) is 71.0 Å². The number of amidine groups is 1. The number of hydrogen-bond acceptors (Lipinski definition) is 6. The predicted molar refractivity (Wildman–Crippen MR) is 116 cm³/mol. The molecule has 2 heterocycles. The van der Waals surface area contributed by atoms with Crippen LogP contribution in [0.3, 0.4) is 0 Å². The van der Waals surface area contributed by atoms with E-state index in [0.717, 1.165) is 16.4 Å². The van der Waals surface area contributed by atoms with Crippen LogP contribution < -0.4 is 5.32 Å². The molecule has 0 aliphatic carbocycles. The van der Waals surface area contributed by atoms with Crippen molar-refractivity contribution in [3.8, 4) is 0 Å². The molecule has 1 aromatic carbocycles. The fourth-order valence-corrected chi connectivity index (χ4v) is 4.34. The molecule has 3 rings (SSSR count). The molecule has 0 aromatic heterocycles. The molecular weight excluding hydrogens is 410 g/mol. The predicted octanol–water partition coefficient (Wildman–Crippen LogP) is 4.25. The summed E-state index contributed by atoms with van der Waals surface area (Å²) in [6, 6.07) is 6.89. The Kier molecular flexibility index (Phi) is 6.70. The standard InChI is InChI=1S/C21H24ClN3O3S/c1-12(2)10-23-17(26)9-16-11-29-21-24-13(3)18(20(27)28-4)19(25(16)21)14-5-7-15(22)8-6-14/h5-8,11-12,19H,9-10H2,1-4H3,(H,23,26). The second-order valence-electron chi connectivity index (χ2n) is 7.31. The van der Waals surface area contributed by atoms with Gasteiger partial charge >= 0.3 is 5.97 Å². The molecule has 0 radical (unpaired) electrons. The van der Waals surface area contributed by atoms with E-state index in [1.807, 2.05) is 36.3 Å². The molecule has 2 aliphatic rings. The van der Waals surface area contributed by atoms with Crippen molar-refractivity contribution in [1.82, 2.24) is 10.2 Å². The molecule has 0 spiro atoms. The van der Waals surface area contributed by atoms with Crippen LogP contribution in [-0.2, 0) is 14.3 Å². The van der Waals surface area contributed by atoms with Gasteiger partial charge in [-0.05, 0) is 35.9 Å². The third-order valence-corrected chi connectivity index (χ3v) is 5.78. The highest BCUT2D eigenvalue weighted by Gasteiger charge is 2.40. The van der Waals surface area contributed by atoms with Crippen molar-refractivity contribution in [1.29, 1.82) is 0 Å². The van der Waals surface area contributed by atoms with Gasteiger partial charge < -0.3 is 15.0 Å². The third-order valence-electron chi connectivity index (χ3n) is 4.64. The van der Waals surface area contributed by atoms with Gasteiger partial charge in [-0.15, -0.1) is 0 Å². The zero-order valence-corrected chi connectivity index (χ0v) is 18.4. The molecule has 0 fully saturated rings. The number of carbonyl (C=O) groups excluding carboxylic acids is 2. The summed E-state index contributed by atoms with van der Waals surface area (Å²) in [5.41, 5.74) is 2.73. The Balaban J connectivity index is 1.97. The number of thioether (sulfide) groups is 1. The molecule has 29 heavy (non-hydrogen) atoms. The number of halogens is 1. The first kappa shape index (κ1) is 21.5. The number of esters is 1. The molecule has 2 aliphatic heterocycles. The summed E-state index contributed by atoms with van der Waals surface area (Å²) in [6.07, 6.45) is 0.205. The Morgan fingerprint density at radius 1 is 1.31 bits per heavy atom. The van der Waals surface area contributed by atoms with Crippen LogP contribution >= 0.6 is 23.4 Å². The van der Waals surface area contributed by atoms with Gasteiger partial charge in [-0.25, -0.2) is 9.79 Å². The molecule has 0 bridgehead atoms. The molecule has 0 saturated carbocycles. The van der Waals surface area contributed by atoms with E-state index in [9.17, 15) is 9.59 Å². The maximum atomic E-state index is 12.6. The minimum Gasteiger partial charge on any atom is -0.466 e. The van der Waals surface area contributed by atoms with Gasteiger partial charge in [0.05, 0.1) is 30.8 Å². The van der Waals surface area contributed by atoms with E-state index in [0.29, 0.717) is 28.8 Å². The van der Waals surface area contributed by atoms with E-state index in [4.69, 9.17) is 16.3 Å². The van der Waals surface area contributed by atoms with Crippen molar-refractivity contribution >= 4 is 40.4 Å². The molecule has 1 unspecified atom stereocenters. The van der Waals surface area contributed by atoms with Gasteiger partial charge in [0.1, 0.15) is 0 Å². The summed E-state index contributed by atoms with van der Waals surface area (Å²) in [7, 11) is 1.36. The number of aliphatic imine (C=N–C) groups is 1. The lowest BCUT2D eigenvalue weighted by atomic mass is 9.94. The molecule has 6 nitrogen and oxygen atoms in total. The smallest absolute Gasteiger partial charge is 0.338 e. The largest absolute Gasteiger partial charge is 0.466 e. The van der Waals surface area contributed by atoms with Gasteiger partial charge in [0.15, 0.2) is 5.17 Å². The van der Waals surface area contributed by atoms with Crippen LogP contribution in [0.5, 0.6) is 0 Å². The van der Waals surface area contributed by atoms with Crippen LogP contribution in [0.1, 0.15) is 38.8 Å². The second kappa shape index (κ2) is 9.05. The highest BCUT2D eigenvalue weighted by Crippen LogP contribution is 2.44. The molecule has 1 N–H and O–H groups in total. The molecule has 1 aromatic rings. The number of carbonyl (C=O) groups is 2. The molecule has 0 saturated heterocycles. The van der Waals surface area contributed by atoms with E-state index < -0.39 is 12.0 Å². The SMILES string of the molecule is COC(=O)C1=C(C)N=C2SC=C(CC(=O)NCC(C)C)N2C1c1ccc(Cl)cc1. The van der Waals surface area contributed by atoms with E-state index in [2.05, 4.69) is 10.3 Å². The van der Waals surface area contributed by atoms with E-state index in [1.165, 1.54) is 18.9 Å². The van der Waals surface area contributed by atoms with Gasteiger partial charge in [0, 0.05) is 17.3 Å². The average Bonchev–Trinajstić information content (AvgIpc) is 3.07. The number of benzene rings is 1. The van der Waals surface area contributed by atoms with Crippen LogP contribution in [0.25, 0.3) is 0 Å². The molecule has 1 amide bonds. The van der Waals surface area contributed by atoms with Crippen molar-refractivity contribution < 1.29 is 14.3 Å². The van der Waals surface area contributed by atoms with Crippen LogP contribution in [0, 0.1) is 5.92 Å². The van der Waals surface area contributed by atoms with E-state index in [1.54, 1.807) is 19.1 Å². The van der Waals surface area contributed by atoms with Crippen LogP contribution in [0.2, 0.25) is 5.02 Å². The maximum Gasteiger partial charge on any atom is 0.338 e. The number of allylic oxidation sites excluding steroid dienone is 1. The molecule has 1 atom stereocenters. The summed E-state index contributed by atoms with van der Waals surface area (Å²) in [5.74, 6) is -0.130. The van der Waals surface area contributed by atoms with Gasteiger partial charge in [-0.3, -0.25) is 4.79 Å². The van der Waals surface area contributed by atoms with Crippen LogP contribution in [0.15, 0.2) is 51.6 Å².